The highest BCUT2D eigenvalue weighted by molar-refractivity contribution is 5.65. The van der Waals surface area contributed by atoms with Crippen LogP contribution in [0.25, 0.3) is 11.3 Å². The van der Waals surface area contributed by atoms with E-state index >= 15 is 0 Å². The zero-order valence-electron chi connectivity index (χ0n) is 9.01. The molecule has 17 heavy (non-hydrogen) atoms. The first-order valence-electron chi connectivity index (χ1n) is 4.87. The lowest BCUT2D eigenvalue weighted by Gasteiger charge is -2.01. The summed E-state index contributed by atoms with van der Waals surface area (Å²) in [6, 6.07) is 9.57. The van der Waals surface area contributed by atoms with Crippen LogP contribution in [0.2, 0.25) is 0 Å². The summed E-state index contributed by atoms with van der Waals surface area (Å²) in [6.45, 7) is 1.83. The van der Waals surface area contributed by atoms with Gasteiger partial charge in [0.15, 0.2) is 0 Å². The van der Waals surface area contributed by atoms with Crippen LogP contribution in [-0.2, 0) is 0 Å². The molecule has 0 saturated carbocycles. The fourth-order valence-corrected chi connectivity index (χ4v) is 1.53. The Labute approximate surface area is 97.1 Å². The first-order chi connectivity index (χ1) is 8.11. The van der Waals surface area contributed by atoms with Gasteiger partial charge in [0.25, 0.3) is 5.69 Å². The normalized spacial score (nSPS) is 9.88. The quantitative estimate of drug-likeness (QED) is 0.584. The predicted molar refractivity (Wildman–Crippen MR) is 60.3 cm³/mol. The Balaban J connectivity index is 2.54. The lowest BCUT2D eigenvalue weighted by molar-refractivity contribution is -0.384. The molecule has 0 aliphatic carbocycles. The van der Waals surface area contributed by atoms with Crippen molar-refractivity contribution in [1.82, 2.24) is 0 Å². The number of hydrogen-bond acceptors (Lipinski definition) is 4. The number of aryl methyl sites for hydroxylation is 1. The van der Waals surface area contributed by atoms with Gasteiger partial charge in [-0.1, -0.05) is 6.07 Å². The van der Waals surface area contributed by atoms with E-state index in [-0.39, 0.29) is 11.4 Å². The Morgan fingerprint density at radius 3 is 2.71 bits per heavy atom. The number of rotatable bonds is 2. The summed E-state index contributed by atoms with van der Waals surface area (Å²) in [5.74, 6) is 0.647. The zero-order valence-corrected chi connectivity index (χ0v) is 9.01. The molecule has 0 aliphatic rings. The molecule has 0 unspecified atom stereocenters. The van der Waals surface area contributed by atoms with Crippen LogP contribution in [0, 0.1) is 28.4 Å². The fourth-order valence-electron chi connectivity index (χ4n) is 1.53. The highest BCUT2D eigenvalue weighted by Crippen LogP contribution is 2.28. The van der Waals surface area contributed by atoms with Crippen LogP contribution in [0.5, 0.6) is 0 Å². The van der Waals surface area contributed by atoms with Crippen LogP contribution >= 0.6 is 0 Å². The van der Waals surface area contributed by atoms with Gasteiger partial charge in [-0.25, -0.2) is 0 Å². The summed E-state index contributed by atoms with van der Waals surface area (Å²) >= 11 is 0. The molecule has 0 saturated heterocycles. The maximum Gasteiger partial charge on any atom is 0.270 e. The number of nitrogens with zero attached hydrogens (tertiary/aromatic N) is 2. The van der Waals surface area contributed by atoms with Gasteiger partial charge in [0.1, 0.15) is 11.8 Å². The van der Waals surface area contributed by atoms with Gasteiger partial charge in [0.05, 0.1) is 4.92 Å². The van der Waals surface area contributed by atoms with Gasteiger partial charge in [-0.15, -0.1) is 0 Å². The molecule has 1 aromatic carbocycles. The number of benzene rings is 1. The van der Waals surface area contributed by atoms with Gasteiger partial charge in [0.2, 0.25) is 5.76 Å². The third-order valence-corrected chi connectivity index (χ3v) is 2.41. The van der Waals surface area contributed by atoms with E-state index in [4.69, 9.17) is 9.68 Å². The van der Waals surface area contributed by atoms with E-state index in [1.54, 1.807) is 12.1 Å². The topological polar surface area (TPSA) is 80.1 Å². The number of hydrogen-bond donors (Lipinski definition) is 0. The van der Waals surface area contributed by atoms with Crippen LogP contribution in [0.3, 0.4) is 0 Å². The van der Waals surface area contributed by atoms with Crippen LogP contribution < -0.4 is 0 Å². The van der Waals surface area contributed by atoms with Gasteiger partial charge in [-0.05, 0) is 24.6 Å². The molecule has 2 aromatic rings. The average Bonchev–Trinajstić information content (AvgIpc) is 2.77. The average molecular weight is 228 g/mol. The highest BCUT2D eigenvalue weighted by atomic mass is 16.6. The molecule has 5 nitrogen and oxygen atoms in total. The van der Waals surface area contributed by atoms with E-state index < -0.39 is 4.92 Å². The van der Waals surface area contributed by atoms with Crippen LogP contribution in [0.15, 0.2) is 34.7 Å². The highest BCUT2D eigenvalue weighted by Gasteiger charge is 2.12. The summed E-state index contributed by atoms with van der Waals surface area (Å²) in [5, 5.41) is 19.3. The summed E-state index contributed by atoms with van der Waals surface area (Å²) < 4.78 is 5.25. The lowest BCUT2D eigenvalue weighted by Crippen LogP contribution is -1.89. The summed E-state index contributed by atoms with van der Waals surface area (Å²) in [4.78, 5) is 10.2. The van der Waals surface area contributed by atoms with Crippen LogP contribution in [-0.4, -0.2) is 4.92 Å². The molecule has 0 bridgehead atoms. The third-order valence-electron chi connectivity index (χ3n) is 2.41. The minimum Gasteiger partial charge on any atom is -0.446 e. The number of nitro groups is 1. The second kappa shape index (κ2) is 4.10. The van der Waals surface area contributed by atoms with Gasteiger partial charge in [-0.2, -0.15) is 5.26 Å². The third kappa shape index (κ3) is 2.01. The van der Waals surface area contributed by atoms with Crippen molar-refractivity contribution in [3.63, 3.8) is 0 Å². The molecule has 0 aliphatic heterocycles. The maximum atomic E-state index is 10.7. The molecule has 1 aromatic heterocycles. The Morgan fingerprint density at radius 2 is 2.12 bits per heavy atom. The van der Waals surface area contributed by atoms with E-state index in [1.807, 2.05) is 13.0 Å². The number of nitro benzene ring substituents is 1. The summed E-state index contributed by atoms with van der Waals surface area (Å²) in [5.41, 5.74) is 1.48. The predicted octanol–water partition coefficient (Wildman–Crippen LogP) is 3.03. The standard InChI is InChI=1S/C12H8N2O3/c1-8-2-3-9(14(15)16)6-11(8)12-5-4-10(7-13)17-12/h2-6H,1H3. The first-order valence-corrected chi connectivity index (χ1v) is 4.87. The smallest absolute Gasteiger partial charge is 0.270 e. The van der Waals surface area contributed by atoms with Gasteiger partial charge in [0, 0.05) is 17.7 Å². The first kappa shape index (κ1) is 10.9. The molecule has 84 valence electrons. The maximum absolute atomic E-state index is 10.7. The van der Waals surface area contributed by atoms with Gasteiger partial charge >= 0.3 is 0 Å². The van der Waals surface area contributed by atoms with Crippen LogP contribution in [0.4, 0.5) is 5.69 Å². The largest absolute Gasteiger partial charge is 0.446 e. The van der Waals surface area contributed by atoms with Crippen molar-refractivity contribution in [2.45, 2.75) is 6.92 Å². The number of furan rings is 1. The number of nitriles is 1. The monoisotopic (exact) mass is 228 g/mol. The molecular formula is C12H8N2O3. The molecule has 2 rings (SSSR count). The molecule has 0 radical (unpaired) electrons. The molecule has 1 heterocycles. The van der Waals surface area contributed by atoms with E-state index in [1.165, 1.54) is 18.2 Å². The minimum atomic E-state index is -0.461. The van der Waals surface area contributed by atoms with E-state index in [9.17, 15) is 10.1 Å². The van der Waals surface area contributed by atoms with Crippen molar-refractivity contribution in [2.24, 2.45) is 0 Å². The van der Waals surface area contributed by atoms with E-state index in [2.05, 4.69) is 0 Å². The molecule has 0 spiro atoms. The van der Waals surface area contributed by atoms with E-state index in [0.29, 0.717) is 11.3 Å². The molecule has 5 heteroatoms. The summed E-state index contributed by atoms with van der Waals surface area (Å²) in [7, 11) is 0. The Bertz CT molecular complexity index is 623. The second-order valence-electron chi connectivity index (χ2n) is 3.53. The zero-order chi connectivity index (χ0) is 12.4. The lowest BCUT2D eigenvalue weighted by atomic mass is 10.1. The molecule has 0 amide bonds. The molecule has 0 atom stereocenters. The van der Waals surface area contributed by atoms with Crippen LogP contribution in [0.1, 0.15) is 11.3 Å². The van der Waals surface area contributed by atoms with Gasteiger partial charge < -0.3 is 4.42 Å². The SMILES string of the molecule is Cc1ccc([N+](=O)[O-])cc1-c1ccc(C#N)o1. The van der Waals surface area contributed by atoms with Crippen molar-refractivity contribution < 1.29 is 9.34 Å². The Hall–Kier alpha value is -2.61. The molecular weight excluding hydrogens is 220 g/mol. The summed E-state index contributed by atoms with van der Waals surface area (Å²) in [6.07, 6.45) is 0. The molecule has 0 fully saturated rings. The van der Waals surface area contributed by atoms with Crippen molar-refractivity contribution in [3.05, 3.63) is 51.8 Å². The van der Waals surface area contributed by atoms with Gasteiger partial charge in [-0.3, -0.25) is 10.1 Å². The molecule has 0 N–H and O–H groups in total. The number of non-ortho nitro benzene ring substituents is 1. The van der Waals surface area contributed by atoms with Crippen molar-refractivity contribution >= 4 is 5.69 Å². The van der Waals surface area contributed by atoms with Crippen molar-refractivity contribution in [3.8, 4) is 17.4 Å². The van der Waals surface area contributed by atoms with E-state index in [0.717, 1.165) is 5.56 Å². The van der Waals surface area contributed by atoms with Crippen molar-refractivity contribution in [2.75, 3.05) is 0 Å². The second-order valence-corrected chi connectivity index (χ2v) is 3.53. The van der Waals surface area contributed by atoms with Crippen molar-refractivity contribution in [1.29, 1.82) is 5.26 Å². The minimum absolute atomic E-state index is 0.000470. The fraction of sp³-hybridized carbons (Fsp3) is 0.0833. The Morgan fingerprint density at radius 1 is 1.35 bits per heavy atom. The Kier molecular flexibility index (Phi) is 2.63.